The second-order valence-corrected chi connectivity index (χ2v) is 3.70. The van der Waals surface area contributed by atoms with E-state index in [0.717, 1.165) is 16.8 Å². The summed E-state index contributed by atoms with van der Waals surface area (Å²) in [6, 6.07) is 3.79. The van der Waals surface area contributed by atoms with E-state index in [1.165, 1.54) is 6.20 Å². The number of nitrogens with zero attached hydrogens (tertiary/aromatic N) is 4. The van der Waals surface area contributed by atoms with E-state index in [1.807, 2.05) is 13.0 Å². The third-order valence-corrected chi connectivity index (χ3v) is 2.44. The van der Waals surface area contributed by atoms with Crippen LogP contribution < -0.4 is 5.73 Å². The summed E-state index contributed by atoms with van der Waals surface area (Å²) in [5.74, 6) is 1.06. The van der Waals surface area contributed by atoms with Crippen LogP contribution in [-0.4, -0.2) is 15.0 Å². The Hall–Kier alpha value is -2.48. The molecule has 84 valence electrons. The molecule has 0 aromatic carbocycles. The number of aryl methyl sites for hydroxylation is 1. The molecule has 0 spiro atoms. The molecular weight excluding hydrogens is 214 g/mol. The fourth-order valence-corrected chi connectivity index (χ4v) is 1.56. The molecule has 5 nitrogen and oxygen atoms in total. The van der Waals surface area contributed by atoms with Crippen LogP contribution in [0.2, 0.25) is 0 Å². The van der Waals surface area contributed by atoms with E-state index in [9.17, 15) is 0 Å². The van der Waals surface area contributed by atoms with Gasteiger partial charge in [0, 0.05) is 23.5 Å². The fraction of sp³-hybridized carbons (Fsp3) is 0.167. The molecule has 2 N–H and O–H groups in total. The van der Waals surface area contributed by atoms with E-state index < -0.39 is 0 Å². The average molecular weight is 225 g/mol. The predicted molar refractivity (Wildman–Crippen MR) is 63.9 cm³/mol. The standard InChI is InChI=1S/C12H11N5/c1-7-11(16-8(2)17-12(7)14)10-3-9(4-13)5-15-6-10/h3,5-6H,1-2H3,(H2,14,16,17). The fourth-order valence-electron chi connectivity index (χ4n) is 1.56. The van der Waals surface area contributed by atoms with Gasteiger partial charge in [0.05, 0.1) is 11.3 Å². The molecule has 0 aliphatic heterocycles. The van der Waals surface area contributed by atoms with Crippen molar-refractivity contribution in [2.45, 2.75) is 13.8 Å². The molecule has 0 aliphatic rings. The summed E-state index contributed by atoms with van der Waals surface area (Å²) >= 11 is 0. The number of nitrogens with two attached hydrogens (primary N) is 1. The van der Waals surface area contributed by atoms with Crippen LogP contribution in [0.1, 0.15) is 17.0 Å². The summed E-state index contributed by atoms with van der Waals surface area (Å²) < 4.78 is 0. The van der Waals surface area contributed by atoms with Crippen LogP contribution >= 0.6 is 0 Å². The lowest BCUT2D eigenvalue weighted by Gasteiger charge is -2.08. The lowest BCUT2D eigenvalue weighted by atomic mass is 10.1. The zero-order valence-corrected chi connectivity index (χ0v) is 9.60. The Morgan fingerprint density at radius 3 is 2.71 bits per heavy atom. The summed E-state index contributed by atoms with van der Waals surface area (Å²) in [5, 5.41) is 8.84. The van der Waals surface area contributed by atoms with Crippen LogP contribution in [0.5, 0.6) is 0 Å². The third kappa shape index (κ3) is 2.06. The van der Waals surface area contributed by atoms with Gasteiger partial charge in [0.15, 0.2) is 0 Å². The topological polar surface area (TPSA) is 88.5 Å². The van der Waals surface area contributed by atoms with Gasteiger partial charge in [-0.3, -0.25) is 4.98 Å². The first-order valence-corrected chi connectivity index (χ1v) is 5.08. The Kier molecular flexibility index (Phi) is 2.71. The number of hydrogen-bond donors (Lipinski definition) is 1. The predicted octanol–water partition coefficient (Wildman–Crippen LogP) is 1.61. The van der Waals surface area contributed by atoms with Crippen molar-refractivity contribution in [1.29, 1.82) is 5.26 Å². The Morgan fingerprint density at radius 1 is 1.24 bits per heavy atom. The molecule has 0 unspecified atom stereocenters. The maximum Gasteiger partial charge on any atom is 0.130 e. The molecule has 2 heterocycles. The minimum Gasteiger partial charge on any atom is -0.383 e. The molecule has 0 atom stereocenters. The Labute approximate surface area is 99.0 Å². The van der Waals surface area contributed by atoms with Crippen molar-refractivity contribution in [3.05, 3.63) is 35.4 Å². The molecule has 2 aromatic rings. The highest BCUT2D eigenvalue weighted by molar-refractivity contribution is 5.67. The van der Waals surface area contributed by atoms with Gasteiger partial charge in [-0.2, -0.15) is 5.26 Å². The summed E-state index contributed by atoms with van der Waals surface area (Å²) in [4.78, 5) is 12.4. The van der Waals surface area contributed by atoms with E-state index in [-0.39, 0.29) is 0 Å². The van der Waals surface area contributed by atoms with Crippen molar-refractivity contribution >= 4 is 5.82 Å². The number of pyridine rings is 1. The van der Waals surface area contributed by atoms with Gasteiger partial charge < -0.3 is 5.73 Å². The van der Waals surface area contributed by atoms with E-state index in [1.54, 1.807) is 19.2 Å². The highest BCUT2D eigenvalue weighted by Crippen LogP contribution is 2.23. The van der Waals surface area contributed by atoms with Gasteiger partial charge >= 0.3 is 0 Å². The SMILES string of the molecule is Cc1nc(N)c(C)c(-c2cncc(C#N)c2)n1. The summed E-state index contributed by atoms with van der Waals surface area (Å²) in [5.41, 5.74) is 8.59. The van der Waals surface area contributed by atoms with Crippen LogP contribution in [0, 0.1) is 25.2 Å². The quantitative estimate of drug-likeness (QED) is 0.796. The first kappa shape index (κ1) is 11.0. The number of nitriles is 1. The number of hydrogen-bond acceptors (Lipinski definition) is 5. The molecule has 0 saturated carbocycles. The van der Waals surface area contributed by atoms with Crippen molar-refractivity contribution in [3.8, 4) is 17.3 Å². The highest BCUT2D eigenvalue weighted by atomic mass is 14.9. The number of aromatic nitrogens is 3. The lowest BCUT2D eigenvalue weighted by molar-refractivity contribution is 1.04. The van der Waals surface area contributed by atoms with Crippen LogP contribution in [-0.2, 0) is 0 Å². The van der Waals surface area contributed by atoms with Gasteiger partial charge in [-0.25, -0.2) is 9.97 Å². The van der Waals surface area contributed by atoms with Crippen LogP contribution in [0.25, 0.3) is 11.3 Å². The van der Waals surface area contributed by atoms with Crippen molar-refractivity contribution in [2.75, 3.05) is 5.73 Å². The Balaban J connectivity index is 2.64. The summed E-state index contributed by atoms with van der Waals surface area (Å²) in [6.07, 6.45) is 3.17. The van der Waals surface area contributed by atoms with Gasteiger partial charge in [0.2, 0.25) is 0 Å². The molecule has 17 heavy (non-hydrogen) atoms. The smallest absolute Gasteiger partial charge is 0.130 e. The molecule has 0 bridgehead atoms. The zero-order chi connectivity index (χ0) is 12.4. The first-order valence-electron chi connectivity index (χ1n) is 5.08. The van der Waals surface area contributed by atoms with Gasteiger partial charge in [0.1, 0.15) is 17.7 Å². The maximum absolute atomic E-state index is 8.84. The van der Waals surface area contributed by atoms with E-state index >= 15 is 0 Å². The Bertz CT molecular complexity index is 613. The monoisotopic (exact) mass is 225 g/mol. The number of rotatable bonds is 1. The minimum absolute atomic E-state index is 0.454. The lowest BCUT2D eigenvalue weighted by Crippen LogP contribution is -2.02. The number of anilines is 1. The number of nitrogen functional groups attached to an aromatic ring is 1. The molecule has 0 radical (unpaired) electrons. The maximum atomic E-state index is 8.84. The van der Waals surface area contributed by atoms with Crippen LogP contribution in [0.4, 0.5) is 5.82 Å². The highest BCUT2D eigenvalue weighted by Gasteiger charge is 2.09. The van der Waals surface area contributed by atoms with Crippen molar-refractivity contribution in [3.63, 3.8) is 0 Å². The molecule has 2 rings (SSSR count). The second-order valence-electron chi connectivity index (χ2n) is 3.70. The molecule has 0 amide bonds. The zero-order valence-electron chi connectivity index (χ0n) is 9.60. The van der Waals surface area contributed by atoms with E-state index in [0.29, 0.717) is 17.2 Å². The molecule has 0 fully saturated rings. The van der Waals surface area contributed by atoms with Crippen molar-refractivity contribution in [1.82, 2.24) is 15.0 Å². The average Bonchev–Trinajstić information content (AvgIpc) is 2.34. The van der Waals surface area contributed by atoms with Crippen molar-refractivity contribution < 1.29 is 0 Å². The summed E-state index contributed by atoms with van der Waals surface area (Å²) in [6.45, 7) is 3.63. The largest absolute Gasteiger partial charge is 0.383 e. The second kappa shape index (κ2) is 4.18. The van der Waals surface area contributed by atoms with E-state index in [2.05, 4.69) is 15.0 Å². The van der Waals surface area contributed by atoms with Gasteiger partial charge in [-0.05, 0) is 19.9 Å². The Morgan fingerprint density at radius 2 is 2.00 bits per heavy atom. The normalized spacial score (nSPS) is 9.94. The first-order chi connectivity index (χ1) is 8.11. The van der Waals surface area contributed by atoms with Crippen LogP contribution in [0.3, 0.4) is 0 Å². The van der Waals surface area contributed by atoms with E-state index in [4.69, 9.17) is 11.0 Å². The van der Waals surface area contributed by atoms with Gasteiger partial charge in [-0.1, -0.05) is 0 Å². The molecule has 0 saturated heterocycles. The third-order valence-electron chi connectivity index (χ3n) is 2.44. The minimum atomic E-state index is 0.454. The molecular formula is C12H11N5. The van der Waals surface area contributed by atoms with Gasteiger partial charge in [0.25, 0.3) is 0 Å². The molecule has 0 aliphatic carbocycles. The van der Waals surface area contributed by atoms with Gasteiger partial charge in [-0.15, -0.1) is 0 Å². The molecule has 5 heteroatoms. The molecule has 2 aromatic heterocycles. The van der Waals surface area contributed by atoms with Crippen LogP contribution in [0.15, 0.2) is 18.5 Å². The van der Waals surface area contributed by atoms with Crippen molar-refractivity contribution in [2.24, 2.45) is 0 Å². The summed E-state index contributed by atoms with van der Waals surface area (Å²) in [7, 11) is 0.